The van der Waals surface area contributed by atoms with Crippen molar-refractivity contribution in [2.24, 2.45) is 0 Å². The van der Waals surface area contributed by atoms with Crippen LogP contribution in [0.15, 0.2) is 30.5 Å². The molecule has 32 heavy (non-hydrogen) atoms. The number of fused-ring (bicyclic) bond motifs is 2. The van der Waals surface area contributed by atoms with Gasteiger partial charge in [0.15, 0.2) is 5.60 Å². The normalized spacial score (nSPS) is 23.2. The van der Waals surface area contributed by atoms with Gasteiger partial charge in [0.05, 0.1) is 11.6 Å². The largest absolute Gasteiger partial charge is 0.507 e. The molecule has 0 saturated heterocycles. The Balaban J connectivity index is 1.96. The molecule has 170 valence electrons. The van der Waals surface area contributed by atoms with Crippen LogP contribution in [0.3, 0.4) is 0 Å². The Bertz CT molecular complexity index is 1200. The predicted molar refractivity (Wildman–Crippen MR) is 112 cm³/mol. The molecule has 0 spiro atoms. The number of hydrogen-bond donors (Lipinski definition) is 3. The van der Waals surface area contributed by atoms with E-state index in [0.717, 1.165) is 6.07 Å². The van der Waals surface area contributed by atoms with Crippen LogP contribution in [0.2, 0.25) is 0 Å². The van der Waals surface area contributed by atoms with Gasteiger partial charge in [-0.2, -0.15) is 13.2 Å². The number of phenolic OH excluding ortho intramolecular Hbond substituents is 1. The van der Waals surface area contributed by atoms with Gasteiger partial charge < -0.3 is 15.5 Å². The van der Waals surface area contributed by atoms with Crippen LogP contribution in [-0.2, 0) is 0 Å². The van der Waals surface area contributed by atoms with Crippen molar-refractivity contribution >= 4 is 16.6 Å². The minimum atomic E-state index is -5.01. The molecule has 1 aliphatic carbocycles. The number of phenols is 1. The summed E-state index contributed by atoms with van der Waals surface area (Å²) in [6, 6.07) is 4.09. The molecular weight excluding hydrogens is 426 g/mol. The number of alkyl halides is 3. The van der Waals surface area contributed by atoms with E-state index in [1.54, 1.807) is 32.0 Å². The van der Waals surface area contributed by atoms with Gasteiger partial charge in [0.1, 0.15) is 17.4 Å². The molecule has 4 rings (SSSR count). The summed E-state index contributed by atoms with van der Waals surface area (Å²) in [4.78, 5) is 8.41. The molecule has 1 heterocycles. The summed E-state index contributed by atoms with van der Waals surface area (Å²) in [6.45, 7) is 4.73. The molecule has 2 aromatic carbocycles. The van der Waals surface area contributed by atoms with Crippen molar-refractivity contribution < 1.29 is 27.8 Å². The van der Waals surface area contributed by atoms with Crippen molar-refractivity contribution in [1.82, 2.24) is 9.97 Å². The predicted octanol–water partition coefficient (Wildman–Crippen LogP) is 5.44. The number of benzene rings is 2. The molecule has 3 N–H and O–H groups in total. The zero-order chi connectivity index (χ0) is 23.4. The first-order valence-corrected chi connectivity index (χ1v) is 10.3. The van der Waals surface area contributed by atoms with Gasteiger partial charge in [0.25, 0.3) is 0 Å². The molecule has 5 nitrogen and oxygen atoms in total. The SMILES string of the molecule is CC[C@@H]1C[C@](O)(C(F)(F)F)[C@@H](Nc2cccc3nc(C)ncc23)c2cc(F)c(C)c(O)c21. The molecule has 1 aromatic heterocycles. The number of anilines is 1. The highest BCUT2D eigenvalue weighted by Crippen LogP contribution is 2.55. The number of aromatic nitrogens is 2. The highest BCUT2D eigenvalue weighted by atomic mass is 19.4. The van der Waals surface area contributed by atoms with Gasteiger partial charge >= 0.3 is 6.18 Å². The first-order valence-electron chi connectivity index (χ1n) is 10.3. The van der Waals surface area contributed by atoms with Gasteiger partial charge in [-0.05, 0) is 56.4 Å². The Morgan fingerprint density at radius 2 is 1.97 bits per heavy atom. The Morgan fingerprint density at radius 3 is 2.62 bits per heavy atom. The summed E-state index contributed by atoms with van der Waals surface area (Å²) in [6.07, 6.45) is -3.96. The molecule has 0 fully saturated rings. The average Bonchev–Trinajstić information content (AvgIpc) is 2.72. The molecule has 0 bridgehead atoms. The lowest BCUT2D eigenvalue weighted by molar-refractivity contribution is -0.272. The molecule has 3 aromatic rings. The number of halogens is 4. The summed E-state index contributed by atoms with van der Waals surface area (Å²) < 4.78 is 57.4. The van der Waals surface area contributed by atoms with Crippen molar-refractivity contribution in [3.8, 4) is 5.75 Å². The van der Waals surface area contributed by atoms with Crippen LogP contribution >= 0.6 is 0 Å². The van der Waals surface area contributed by atoms with Crippen molar-refractivity contribution in [1.29, 1.82) is 0 Å². The highest BCUT2D eigenvalue weighted by molar-refractivity contribution is 5.91. The number of aromatic hydroxyl groups is 1. The third-order valence-corrected chi connectivity index (χ3v) is 6.35. The van der Waals surface area contributed by atoms with Crippen molar-refractivity contribution in [3.05, 3.63) is 58.8 Å². The maximum absolute atomic E-state index is 14.6. The summed E-state index contributed by atoms with van der Waals surface area (Å²) in [5.41, 5.74) is -2.34. The van der Waals surface area contributed by atoms with Gasteiger partial charge in [-0.1, -0.05) is 13.0 Å². The molecule has 0 radical (unpaired) electrons. The lowest BCUT2D eigenvalue weighted by atomic mass is 9.68. The van der Waals surface area contributed by atoms with E-state index in [0.29, 0.717) is 16.7 Å². The lowest BCUT2D eigenvalue weighted by Crippen LogP contribution is -2.55. The van der Waals surface area contributed by atoms with E-state index < -0.39 is 36.0 Å². The molecule has 9 heteroatoms. The van der Waals surface area contributed by atoms with Crippen LogP contribution in [-0.4, -0.2) is 32.0 Å². The molecule has 0 amide bonds. The Hall–Kier alpha value is -2.94. The summed E-state index contributed by atoms with van der Waals surface area (Å²) in [5, 5.41) is 24.9. The van der Waals surface area contributed by atoms with Gasteiger partial charge in [0, 0.05) is 28.4 Å². The third kappa shape index (κ3) is 3.35. The zero-order valence-corrected chi connectivity index (χ0v) is 17.8. The Kier molecular flexibility index (Phi) is 5.27. The fraction of sp³-hybridized carbons (Fsp3) is 0.391. The third-order valence-electron chi connectivity index (χ3n) is 6.35. The molecule has 0 unspecified atom stereocenters. The molecule has 1 aliphatic rings. The Labute approximate surface area is 182 Å². The monoisotopic (exact) mass is 449 g/mol. The fourth-order valence-corrected chi connectivity index (χ4v) is 4.55. The lowest BCUT2D eigenvalue weighted by Gasteiger charge is -2.46. The molecule has 0 aliphatic heterocycles. The van der Waals surface area contributed by atoms with E-state index >= 15 is 0 Å². The van der Waals surface area contributed by atoms with Crippen LogP contribution in [0.5, 0.6) is 5.75 Å². The Morgan fingerprint density at radius 1 is 1.25 bits per heavy atom. The second kappa shape index (κ2) is 7.58. The van der Waals surface area contributed by atoms with Crippen molar-refractivity contribution in [3.63, 3.8) is 0 Å². The minimum Gasteiger partial charge on any atom is -0.507 e. The van der Waals surface area contributed by atoms with E-state index in [4.69, 9.17) is 0 Å². The van der Waals surface area contributed by atoms with Crippen molar-refractivity contribution in [2.45, 2.75) is 57.3 Å². The van der Waals surface area contributed by atoms with E-state index in [9.17, 15) is 27.8 Å². The second-order valence-electron chi connectivity index (χ2n) is 8.30. The molecule has 0 saturated carbocycles. The summed E-state index contributed by atoms with van der Waals surface area (Å²) in [5.74, 6) is -1.52. The number of aliphatic hydroxyl groups is 1. The van der Waals surface area contributed by atoms with Crippen LogP contribution in [0, 0.1) is 19.7 Å². The number of nitrogens with one attached hydrogen (secondary N) is 1. The summed E-state index contributed by atoms with van der Waals surface area (Å²) in [7, 11) is 0. The zero-order valence-electron chi connectivity index (χ0n) is 17.8. The quantitative estimate of drug-likeness (QED) is 0.465. The minimum absolute atomic E-state index is 0.0348. The number of rotatable bonds is 3. The molecular formula is C23H23F4N3O2. The maximum Gasteiger partial charge on any atom is 0.419 e. The number of aryl methyl sites for hydroxylation is 1. The number of nitrogens with zero attached hydrogens (tertiary/aromatic N) is 2. The first kappa shape index (κ1) is 22.3. The highest BCUT2D eigenvalue weighted by Gasteiger charge is 2.62. The molecule has 3 atom stereocenters. The standard InChI is InChI=1S/C23H23F4N3O2/c1-4-13-9-22(32,23(25,26)27)21(14-8-16(24)11(2)20(31)19(13)14)30-18-7-5-6-17-15(18)10-28-12(3)29-17/h5-8,10,13,21,30-32H,4,9H2,1-3H3/t13-,21+,22-/m1/s1. The van der Waals surface area contributed by atoms with Gasteiger partial charge in [0.2, 0.25) is 0 Å². The van der Waals surface area contributed by atoms with Crippen LogP contribution in [0.1, 0.15) is 54.2 Å². The van der Waals surface area contributed by atoms with Crippen LogP contribution in [0.25, 0.3) is 10.9 Å². The van der Waals surface area contributed by atoms with Crippen LogP contribution in [0.4, 0.5) is 23.2 Å². The average molecular weight is 449 g/mol. The first-order chi connectivity index (χ1) is 15.0. The number of hydrogen-bond acceptors (Lipinski definition) is 5. The fourth-order valence-electron chi connectivity index (χ4n) is 4.55. The second-order valence-corrected chi connectivity index (χ2v) is 8.30. The van der Waals surface area contributed by atoms with Crippen molar-refractivity contribution in [2.75, 3.05) is 5.32 Å². The van der Waals surface area contributed by atoms with Gasteiger partial charge in [-0.3, -0.25) is 0 Å². The summed E-state index contributed by atoms with van der Waals surface area (Å²) >= 11 is 0. The smallest absolute Gasteiger partial charge is 0.419 e. The topological polar surface area (TPSA) is 78.3 Å². The van der Waals surface area contributed by atoms with E-state index in [2.05, 4.69) is 15.3 Å². The van der Waals surface area contributed by atoms with E-state index in [1.807, 2.05) is 0 Å². The van der Waals surface area contributed by atoms with Gasteiger partial charge in [-0.15, -0.1) is 0 Å². The van der Waals surface area contributed by atoms with Crippen LogP contribution < -0.4 is 5.32 Å². The van der Waals surface area contributed by atoms with E-state index in [-0.39, 0.29) is 34.5 Å². The van der Waals surface area contributed by atoms with E-state index in [1.165, 1.54) is 13.1 Å². The van der Waals surface area contributed by atoms with Gasteiger partial charge in [-0.25, -0.2) is 14.4 Å². The maximum atomic E-state index is 14.6.